The molecule has 0 N–H and O–H groups in total. The van der Waals surface area contributed by atoms with Crippen LogP contribution in [0.2, 0.25) is 0 Å². The Morgan fingerprint density at radius 3 is 2.63 bits per heavy atom. The highest BCUT2D eigenvalue weighted by molar-refractivity contribution is 7.07. The molecule has 0 bridgehead atoms. The molecule has 27 heavy (non-hydrogen) atoms. The number of hydrogen-bond donors (Lipinski definition) is 0. The van der Waals surface area contributed by atoms with Crippen LogP contribution in [0.1, 0.15) is 23.7 Å². The maximum Gasteiger partial charge on any atom is 0.225 e. The molecule has 2 heterocycles. The van der Waals surface area contributed by atoms with Gasteiger partial charge in [0, 0.05) is 37.3 Å². The largest absolute Gasteiger partial charge is 0.336 e. The Balaban J connectivity index is 1.63. The molecule has 2 aromatic heterocycles. The molecule has 4 rings (SSSR count). The Hall–Kier alpha value is -2.79. The molecule has 0 amide bonds. The fraction of sp³-hybridized carbons (Fsp3) is 0.227. The molecule has 0 saturated heterocycles. The van der Waals surface area contributed by atoms with Gasteiger partial charge in [-0.15, -0.1) is 11.3 Å². The molecule has 0 spiro atoms. The Morgan fingerprint density at radius 2 is 1.85 bits per heavy atom. The lowest BCUT2D eigenvalue weighted by Gasteiger charge is -2.23. The van der Waals surface area contributed by atoms with Crippen LogP contribution >= 0.6 is 11.3 Å². The first kappa shape index (κ1) is 17.6. The first-order valence-corrected chi connectivity index (χ1v) is 10.0. The summed E-state index contributed by atoms with van der Waals surface area (Å²) in [5.41, 5.74) is 6.42. The normalized spacial score (nSPS) is 11.0. The highest BCUT2D eigenvalue weighted by Crippen LogP contribution is 2.22. The van der Waals surface area contributed by atoms with Gasteiger partial charge in [0.2, 0.25) is 5.95 Å². The second-order valence-electron chi connectivity index (χ2n) is 6.48. The maximum absolute atomic E-state index is 4.62. The summed E-state index contributed by atoms with van der Waals surface area (Å²) < 4.78 is 0. The van der Waals surface area contributed by atoms with Gasteiger partial charge >= 0.3 is 0 Å². The van der Waals surface area contributed by atoms with Crippen molar-refractivity contribution < 1.29 is 0 Å². The van der Waals surface area contributed by atoms with E-state index >= 15 is 0 Å². The zero-order valence-electron chi connectivity index (χ0n) is 15.3. The number of rotatable bonds is 7. The van der Waals surface area contributed by atoms with Gasteiger partial charge in [0.15, 0.2) is 5.51 Å². The summed E-state index contributed by atoms with van der Waals surface area (Å²) in [6.45, 7) is 3.69. The highest BCUT2D eigenvalue weighted by atomic mass is 32.1. The molecule has 0 unspecified atom stereocenters. The number of thiazole rings is 1. The first-order chi connectivity index (χ1) is 13.3. The number of aryl methyl sites for hydroxylation is 1. The Morgan fingerprint density at radius 1 is 1.04 bits per heavy atom. The predicted molar refractivity (Wildman–Crippen MR) is 111 cm³/mol. The van der Waals surface area contributed by atoms with E-state index in [2.05, 4.69) is 80.1 Å². The predicted octanol–water partition coefficient (Wildman–Crippen LogP) is 4.70. The van der Waals surface area contributed by atoms with Crippen LogP contribution in [-0.4, -0.2) is 21.5 Å². The highest BCUT2D eigenvalue weighted by Gasteiger charge is 2.13. The van der Waals surface area contributed by atoms with E-state index < -0.39 is 0 Å². The van der Waals surface area contributed by atoms with Crippen LogP contribution in [0, 0.1) is 5.51 Å². The van der Waals surface area contributed by atoms with E-state index in [1.165, 1.54) is 27.7 Å². The topological polar surface area (TPSA) is 41.9 Å². The smallest absolute Gasteiger partial charge is 0.225 e. The van der Waals surface area contributed by atoms with Gasteiger partial charge in [-0.05, 0) is 28.3 Å². The Kier molecular flexibility index (Phi) is 5.39. The average Bonchev–Trinajstić information content (AvgIpc) is 3.25. The lowest BCUT2D eigenvalue weighted by Crippen LogP contribution is -2.27. The van der Waals surface area contributed by atoms with Crippen molar-refractivity contribution in [2.75, 3.05) is 11.4 Å². The Labute approximate surface area is 163 Å². The lowest BCUT2D eigenvalue weighted by molar-refractivity contribution is 0.745. The minimum absolute atomic E-state index is 0.763. The second kappa shape index (κ2) is 8.27. The molecule has 0 aliphatic heterocycles. The minimum atomic E-state index is 0.763. The maximum atomic E-state index is 4.62. The van der Waals surface area contributed by atoms with Crippen molar-refractivity contribution in [3.05, 3.63) is 82.6 Å². The third-order valence-electron chi connectivity index (χ3n) is 4.70. The summed E-state index contributed by atoms with van der Waals surface area (Å²) in [5.74, 6) is 0.763. The van der Waals surface area contributed by atoms with E-state index in [1.54, 1.807) is 0 Å². The molecule has 5 heteroatoms. The number of nitrogens with zero attached hydrogens (tertiary/aromatic N) is 4. The zero-order chi connectivity index (χ0) is 18.5. The monoisotopic (exact) mass is 373 g/mol. The third-order valence-corrected chi connectivity index (χ3v) is 5.29. The van der Waals surface area contributed by atoms with Gasteiger partial charge in [-0.1, -0.05) is 49.4 Å². The van der Waals surface area contributed by atoms with Crippen LogP contribution in [0.25, 0.3) is 10.8 Å². The molecule has 135 valence electrons. The minimum Gasteiger partial charge on any atom is -0.336 e. The van der Waals surface area contributed by atoms with Crippen LogP contribution in [0.3, 0.4) is 0 Å². The molecule has 0 atom stereocenters. The summed E-state index contributed by atoms with van der Waals surface area (Å²) in [4.78, 5) is 15.8. The number of fused-ring (bicyclic) bond motifs is 1. The van der Waals surface area contributed by atoms with Gasteiger partial charge in [0.1, 0.15) is 0 Å². The Bertz CT molecular complexity index is 991. The molecule has 4 aromatic rings. The summed E-state index contributed by atoms with van der Waals surface area (Å²) in [7, 11) is 0. The van der Waals surface area contributed by atoms with E-state index in [-0.39, 0.29) is 0 Å². The molecular weight excluding hydrogens is 352 g/mol. The van der Waals surface area contributed by atoms with E-state index in [1.807, 2.05) is 12.4 Å². The third kappa shape index (κ3) is 4.14. The summed E-state index contributed by atoms with van der Waals surface area (Å²) in [5, 5.41) is 4.58. The standard InChI is InChI=1S/C22H21N4S/c1-2-17-12-23-22(24-13-17)26(11-10-20-15-27-16-25-20)14-19-8-5-7-18-6-3-4-9-21(18)19/h3-9,12-13,15H,2,10-11,14H2,1H3. The molecule has 1 radical (unpaired) electrons. The van der Waals surface area contributed by atoms with E-state index in [0.717, 1.165) is 43.1 Å². The summed E-state index contributed by atoms with van der Waals surface area (Å²) in [6, 6.07) is 15.0. The van der Waals surface area contributed by atoms with Gasteiger partial charge in [0.05, 0.1) is 5.69 Å². The van der Waals surface area contributed by atoms with Crippen LogP contribution < -0.4 is 4.90 Å². The second-order valence-corrected chi connectivity index (χ2v) is 7.14. The van der Waals surface area contributed by atoms with Crippen LogP contribution in [-0.2, 0) is 19.4 Å². The van der Waals surface area contributed by atoms with Crippen LogP contribution in [0.4, 0.5) is 5.95 Å². The van der Waals surface area contributed by atoms with Gasteiger partial charge in [0.25, 0.3) is 0 Å². The van der Waals surface area contributed by atoms with E-state index in [9.17, 15) is 0 Å². The molecule has 0 fully saturated rings. The zero-order valence-corrected chi connectivity index (χ0v) is 16.1. The fourth-order valence-corrected chi connectivity index (χ4v) is 3.68. The number of benzene rings is 2. The molecule has 2 aromatic carbocycles. The van der Waals surface area contributed by atoms with E-state index in [0.29, 0.717) is 0 Å². The molecular formula is C22H21N4S. The van der Waals surface area contributed by atoms with Crippen LogP contribution in [0.15, 0.2) is 60.2 Å². The molecule has 4 nitrogen and oxygen atoms in total. The van der Waals surface area contributed by atoms with Crippen molar-refractivity contribution in [3.8, 4) is 0 Å². The first-order valence-electron chi connectivity index (χ1n) is 9.16. The lowest BCUT2D eigenvalue weighted by atomic mass is 10.0. The average molecular weight is 374 g/mol. The fourth-order valence-electron chi connectivity index (χ4n) is 3.15. The van der Waals surface area contributed by atoms with Crippen molar-refractivity contribution in [2.45, 2.75) is 26.3 Å². The van der Waals surface area contributed by atoms with Crippen molar-refractivity contribution in [1.29, 1.82) is 0 Å². The quantitative estimate of drug-likeness (QED) is 0.471. The summed E-state index contributed by atoms with van der Waals surface area (Å²) >= 11 is 1.51. The van der Waals surface area contributed by atoms with E-state index in [4.69, 9.17) is 0 Å². The molecule has 0 aliphatic carbocycles. The number of anilines is 1. The van der Waals surface area contributed by atoms with Crippen molar-refractivity contribution >= 4 is 28.1 Å². The SMILES string of the molecule is CCc1cnc(N(CCc2cs[c]n2)Cc2cccc3ccccc23)nc1. The van der Waals surface area contributed by atoms with Gasteiger partial charge in [-0.25, -0.2) is 15.0 Å². The van der Waals surface area contributed by atoms with Crippen LogP contribution in [0.5, 0.6) is 0 Å². The number of hydrogen-bond acceptors (Lipinski definition) is 5. The molecule has 0 saturated carbocycles. The molecule has 0 aliphatic rings. The van der Waals surface area contributed by atoms with Crippen molar-refractivity contribution in [1.82, 2.24) is 15.0 Å². The summed E-state index contributed by atoms with van der Waals surface area (Å²) in [6.07, 6.45) is 5.64. The van der Waals surface area contributed by atoms with Gasteiger partial charge < -0.3 is 4.90 Å². The van der Waals surface area contributed by atoms with Gasteiger partial charge in [-0.3, -0.25) is 0 Å². The van der Waals surface area contributed by atoms with Crippen molar-refractivity contribution in [2.24, 2.45) is 0 Å². The van der Waals surface area contributed by atoms with Crippen molar-refractivity contribution in [3.63, 3.8) is 0 Å². The number of aromatic nitrogens is 3. The van der Waals surface area contributed by atoms with Gasteiger partial charge in [-0.2, -0.15) is 0 Å².